The Labute approximate surface area is 66.4 Å². The van der Waals surface area contributed by atoms with Crippen LogP contribution in [0.15, 0.2) is 0 Å². The average molecular weight is 197 g/mol. The van der Waals surface area contributed by atoms with E-state index in [1.165, 1.54) is 0 Å². The van der Waals surface area contributed by atoms with E-state index in [-0.39, 0.29) is 23.0 Å². The van der Waals surface area contributed by atoms with Crippen molar-refractivity contribution in [1.29, 1.82) is 0 Å². The molecule has 0 bridgehead atoms. The number of carbonyl (C=O) groups excluding carboxylic acids is 1. The Morgan fingerprint density at radius 2 is 2.00 bits per heavy atom. The van der Waals surface area contributed by atoms with Crippen molar-refractivity contribution in [2.24, 2.45) is 0 Å². The highest BCUT2D eigenvalue weighted by molar-refractivity contribution is 8.93. The maximum Gasteiger partial charge on any atom is 0.305 e. The minimum absolute atomic E-state index is 0. The van der Waals surface area contributed by atoms with Crippen molar-refractivity contribution in [3.05, 3.63) is 0 Å². The zero-order valence-corrected chi connectivity index (χ0v) is 7.56. The second-order valence-corrected chi connectivity index (χ2v) is 1.56. The van der Waals surface area contributed by atoms with Crippen LogP contribution in [0.1, 0.15) is 26.7 Å². The summed E-state index contributed by atoms with van der Waals surface area (Å²) in [5.74, 6) is -0.0880. The molecule has 0 aliphatic carbocycles. The Balaban J connectivity index is 0. The molecule has 0 aromatic heterocycles. The molecule has 0 aliphatic rings. The molecule has 0 fully saturated rings. The molecule has 0 aromatic rings. The lowest BCUT2D eigenvalue weighted by Crippen LogP contribution is -2.01. The Morgan fingerprint density at radius 1 is 1.44 bits per heavy atom. The van der Waals surface area contributed by atoms with Crippen molar-refractivity contribution in [2.75, 3.05) is 6.61 Å². The van der Waals surface area contributed by atoms with Crippen LogP contribution >= 0.6 is 17.0 Å². The van der Waals surface area contributed by atoms with Gasteiger partial charge in [0.25, 0.3) is 0 Å². The van der Waals surface area contributed by atoms with E-state index in [0.29, 0.717) is 13.0 Å². The van der Waals surface area contributed by atoms with Gasteiger partial charge in [-0.2, -0.15) is 0 Å². The zero-order chi connectivity index (χ0) is 6.41. The number of halogens is 1. The van der Waals surface area contributed by atoms with Crippen LogP contribution in [0.2, 0.25) is 0 Å². The smallest absolute Gasteiger partial charge is 0.305 e. The molecule has 0 aliphatic heterocycles. The van der Waals surface area contributed by atoms with E-state index in [4.69, 9.17) is 0 Å². The third-order valence-electron chi connectivity index (χ3n) is 0.759. The van der Waals surface area contributed by atoms with Crippen LogP contribution < -0.4 is 0 Å². The van der Waals surface area contributed by atoms with Crippen LogP contribution in [-0.2, 0) is 9.53 Å². The van der Waals surface area contributed by atoms with Crippen molar-refractivity contribution < 1.29 is 9.53 Å². The molecule has 0 atom stereocenters. The quantitative estimate of drug-likeness (QED) is 0.646. The monoisotopic (exact) mass is 196 g/mol. The third kappa shape index (κ3) is 7.95. The molecule has 3 heteroatoms. The predicted octanol–water partition coefficient (Wildman–Crippen LogP) is 1.93. The molecular formula is C6H13BrO2. The van der Waals surface area contributed by atoms with Gasteiger partial charge in [0.15, 0.2) is 0 Å². The highest BCUT2D eigenvalue weighted by Crippen LogP contribution is 1.89. The number of hydrogen-bond donors (Lipinski definition) is 0. The van der Waals surface area contributed by atoms with Crippen LogP contribution in [0.4, 0.5) is 0 Å². The van der Waals surface area contributed by atoms with Gasteiger partial charge in [-0.25, -0.2) is 0 Å². The standard InChI is InChI=1S/C6H12O2.BrH/c1-3-5-6(7)8-4-2;/h3-5H2,1-2H3;1H. The lowest BCUT2D eigenvalue weighted by molar-refractivity contribution is -0.143. The number of carbonyl (C=O) groups is 1. The SMILES string of the molecule is Br.CCCC(=O)OCC. The van der Waals surface area contributed by atoms with Crippen LogP contribution in [0, 0.1) is 0 Å². The third-order valence-corrected chi connectivity index (χ3v) is 0.759. The molecule has 0 saturated heterocycles. The van der Waals surface area contributed by atoms with Gasteiger partial charge < -0.3 is 4.74 Å². The summed E-state index contributed by atoms with van der Waals surface area (Å²) >= 11 is 0. The molecular weight excluding hydrogens is 184 g/mol. The van der Waals surface area contributed by atoms with Gasteiger partial charge >= 0.3 is 5.97 Å². The summed E-state index contributed by atoms with van der Waals surface area (Å²) in [6.45, 7) is 4.27. The topological polar surface area (TPSA) is 26.3 Å². The summed E-state index contributed by atoms with van der Waals surface area (Å²) in [4.78, 5) is 10.4. The number of esters is 1. The van der Waals surface area contributed by atoms with Gasteiger partial charge in [0, 0.05) is 6.42 Å². The minimum Gasteiger partial charge on any atom is -0.466 e. The van der Waals surface area contributed by atoms with E-state index in [1.54, 1.807) is 0 Å². The van der Waals surface area contributed by atoms with Crippen LogP contribution in [0.3, 0.4) is 0 Å². The highest BCUT2D eigenvalue weighted by atomic mass is 79.9. The first-order chi connectivity index (χ1) is 3.81. The van der Waals surface area contributed by atoms with Crippen molar-refractivity contribution in [1.82, 2.24) is 0 Å². The fourth-order valence-electron chi connectivity index (χ4n) is 0.437. The Morgan fingerprint density at radius 3 is 2.33 bits per heavy atom. The highest BCUT2D eigenvalue weighted by Gasteiger charge is 1.95. The molecule has 0 rings (SSSR count). The number of hydrogen-bond acceptors (Lipinski definition) is 2. The van der Waals surface area contributed by atoms with Gasteiger partial charge in [0.2, 0.25) is 0 Å². The predicted molar refractivity (Wildman–Crippen MR) is 41.9 cm³/mol. The maximum absolute atomic E-state index is 10.4. The second kappa shape index (κ2) is 7.95. The van der Waals surface area contributed by atoms with E-state index in [2.05, 4.69) is 4.74 Å². The van der Waals surface area contributed by atoms with E-state index >= 15 is 0 Å². The molecule has 0 aromatic carbocycles. The number of ether oxygens (including phenoxy) is 1. The van der Waals surface area contributed by atoms with Gasteiger partial charge in [0.1, 0.15) is 0 Å². The zero-order valence-electron chi connectivity index (χ0n) is 5.85. The van der Waals surface area contributed by atoms with Crippen molar-refractivity contribution in [3.63, 3.8) is 0 Å². The molecule has 56 valence electrons. The van der Waals surface area contributed by atoms with Crippen molar-refractivity contribution in [3.8, 4) is 0 Å². The summed E-state index contributed by atoms with van der Waals surface area (Å²) in [6, 6.07) is 0. The molecule has 0 saturated carbocycles. The lowest BCUT2D eigenvalue weighted by Gasteiger charge is -1.96. The first-order valence-electron chi connectivity index (χ1n) is 2.96. The average Bonchev–Trinajstić information content (AvgIpc) is 1.68. The Hall–Kier alpha value is -0.0500. The maximum atomic E-state index is 10.4. The van der Waals surface area contributed by atoms with Crippen LogP contribution in [-0.4, -0.2) is 12.6 Å². The van der Waals surface area contributed by atoms with E-state index < -0.39 is 0 Å². The summed E-state index contributed by atoms with van der Waals surface area (Å²) in [5.41, 5.74) is 0. The largest absolute Gasteiger partial charge is 0.466 e. The van der Waals surface area contributed by atoms with Gasteiger partial charge in [-0.3, -0.25) is 4.79 Å². The van der Waals surface area contributed by atoms with Crippen molar-refractivity contribution >= 4 is 23.0 Å². The van der Waals surface area contributed by atoms with E-state index in [0.717, 1.165) is 6.42 Å². The molecule has 0 heterocycles. The molecule has 0 radical (unpaired) electrons. The molecule has 2 nitrogen and oxygen atoms in total. The van der Waals surface area contributed by atoms with Gasteiger partial charge in [-0.1, -0.05) is 6.92 Å². The number of rotatable bonds is 3. The summed E-state index contributed by atoms with van der Waals surface area (Å²) in [7, 11) is 0. The molecule has 9 heavy (non-hydrogen) atoms. The molecule has 0 N–H and O–H groups in total. The van der Waals surface area contributed by atoms with Gasteiger partial charge in [-0.05, 0) is 13.3 Å². The molecule has 0 spiro atoms. The van der Waals surface area contributed by atoms with E-state index in [9.17, 15) is 4.79 Å². The fraction of sp³-hybridized carbons (Fsp3) is 0.833. The normalized spacial score (nSPS) is 7.78. The molecule has 0 amide bonds. The minimum atomic E-state index is -0.0880. The van der Waals surface area contributed by atoms with Crippen LogP contribution in [0.25, 0.3) is 0 Å². The first-order valence-corrected chi connectivity index (χ1v) is 2.96. The fourth-order valence-corrected chi connectivity index (χ4v) is 0.437. The summed E-state index contributed by atoms with van der Waals surface area (Å²) in [5, 5.41) is 0. The molecule has 0 unspecified atom stereocenters. The Bertz CT molecular complexity index is 65.5. The Kier molecular flexibility index (Phi) is 10.3. The van der Waals surface area contributed by atoms with Crippen LogP contribution in [0.5, 0.6) is 0 Å². The summed E-state index contributed by atoms with van der Waals surface area (Å²) in [6.07, 6.45) is 1.42. The second-order valence-electron chi connectivity index (χ2n) is 1.56. The van der Waals surface area contributed by atoms with Gasteiger partial charge in [-0.15, -0.1) is 17.0 Å². The first kappa shape index (κ1) is 11.7. The lowest BCUT2D eigenvalue weighted by atomic mass is 10.3. The van der Waals surface area contributed by atoms with Crippen molar-refractivity contribution in [2.45, 2.75) is 26.7 Å². The summed E-state index contributed by atoms with van der Waals surface area (Å²) < 4.78 is 4.64. The van der Waals surface area contributed by atoms with Gasteiger partial charge in [0.05, 0.1) is 6.61 Å². The van der Waals surface area contributed by atoms with E-state index in [1.807, 2.05) is 13.8 Å².